The first kappa shape index (κ1) is 27.7. The second kappa shape index (κ2) is 11.6. The van der Waals surface area contributed by atoms with Crippen molar-refractivity contribution in [2.75, 3.05) is 62.9 Å². The van der Waals surface area contributed by atoms with Gasteiger partial charge in [0.1, 0.15) is 11.4 Å². The SMILES string of the molecule is CCc1cc(N2C[C@H]3CC[C@@H](C2)N3C)ccc1Nc1ncc(C(F)(F)F)c(NCCCNC(=O)N(C)C)n1. The van der Waals surface area contributed by atoms with Gasteiger partial charge in [-0.2, -0.15) is 18.2 Å². The second-order valence-corrected chi connectivity index (χ2v) is 10.1. The fourth-order valence-corrected chi connectivity index (χ4v) is 5.07. The van der Waals surface area contributed by atoms with Crippen LogP contribution in [-0.4, -0.2) is 85.2 Å². The second-order valence-electron chi connectivity index (χ2n) is 10.1. The van der Waals surface area contributed by atoms with E-state index in [2.05, 4.69) is 54.9 Å². The number of piperazine rings is 1. The van der Waals surface area contributed by atoms with E-state index < -0.39 is 11.7 Å². The highest BCUT2D eigenvalue weighted by molar-refractivity contribution is 5.73. The van der Waals surface area contributed by atoms with Crippen LogP contribution in [0.4, 0.5) is 41.1 Å². The predicted octanol–water partition coefficient (Wildman–Crippen LogP) is 4.16. The molecule has 0 unspecified atom stereocenters. The Balaban J connectivity index is 1.45. The number of alkyl halides is 3. The molecule has 0 saturated carbocycles. The Bertz CT molecular complexity index is 1110. The van der Waals surface area contributed by atoms with Gasteiger partial charge in [0.25, 0.3) is 0 Å². The van der Waals surface area contributed by atoms with Crippen molar-refractivity contribution < 1.29 is 18.0 Å². The summed E-state index contributed by atoms with van der Waals surface area (Å²) in [7, 11) is 5.44. The molecule has 12 heteroatoms. The molecule has 9 nitrogen and oxygen atoms in total. The van der Waals surface area contributed by atoms with Crippen molar-refractivity contribution in [1.29, 1.82) is 0 Å². The summed E-state index contributed by atoms with van der Waals surface area (Å²) in [4.78, 5) is 26.0. The lowest BCUT2D eigenvalue weighted by atomic mass is 10.1. The summed E-state index contributed by atoms with van der Waals surface area (Å²) in [5, 5.41) is 8.56. The van der Waals surface area contributed by atoms with Crippen LogP contribution in [0.2, 0.25) is 0 Å². The average molecular weight is 535 g/mol. The van der Waals surface area contributed by atoms with E-state index in [-0.39, 0.29) is 24.3 Å². The minimum atomic E-state index is -4.60. The van der Waals surface area contributed by atoms with Crippen molar-refractivity contribution in [3.05, 3.63) is 35.5 Å². The number of benzene rings is 1. The molecule has 2 saturated heterocycles. The smallest absolute Gasteiger partial charge is 0.369 e. The molecule has 2 amide bonds. The molecule has 4 rings (SSSR count). The fourth-order valence-electron chi connectivity index (χ4n) is 5.07. The summed E-state index contributed by atoms with van der Waals surface area (Å²) < 4.78 is 40.8. The standard InChI is InChI=1S/C26H37F3N8O/c1-5-17-13-18(37-15-19-7-8-20(16-37)36(19)4)9-10-22(17)33-24-32-14-21(26(27,28)29)23(34-24)30-11-6-12-31-25(38)35(2)3/h9-10,13-14,19-20H,5-8,11-12,15-16H2,1-4H3,(H,31,38)(H2,30,32,33,34)/t19-,20+. The zero-order valence-electron chi connectivity index (χ0n) is 22.4. The van der Waals surface area contributed by atoms with Crippen LogP contribution >= 0.6 is 0 Å². The van der Waals surface area contributed by atoms with Gasteiger partial charge in [-0.3, -0.25) is 4.90 Å². The zero-order chi connectivity index (χ0) is 27.4. The van der Waals surface area contributed by atoms with Crippen LogP contribution in [0.1, 0.15) is 37.3 Å². The number of aromatic nitrogens is 2. The number of aryl methyl sites for hydroxylation is 1. The van der Waals surface area contributed by atoms with Crippen molar-refractivity contribution in [2.24, 2.45) is 0 Å². The molecule has 2 aliphatic rings. The summed E-state index contributed by atoms with van der Waals surface area (Å²) in [6, 6.07) is 7.05. The Hall–Kier alpha value is -3.28. The van der Waals surface area contributed by atoms with Gasteiger partial charge in [0.05, 0.1) is 0 Å². The van der Waals surface area contributed by atoms with E-state index in [0.29, 0.717) is 25.0 Å². The van der Waals surface area contributed by atoms with Gasteiger partial charge in [-0.1, -0.05) is 6.92 Å². The number of rotatable bonds is 9. The number of hydrogen-bond donors (Lipinski definition) is 3. The number of anilines is 4. The van der Waals surface area contributed by atoms with Crippen LogP contribution in [0, 0.1) is 0 Å². The van der Waals surface area contributed by atoms with Crippen LogP contribution in [0.15, 0.2) is 24.4 Å². The van der Waals surface area contributed by atoms with Gasteiger partial charge in [-0.25, -0.2) is 9.78 Å². The number of carbonyl (C=O) groups excluding carboxylic acids is 1. The molecule has 0 radical (unpaired) electrons. The molecule has 0 spiro atoms. The van der Waals surface area contributed by atoms with Crippen molar-refractivity contribution in [3.63, 3.8) is 0 Å². The minimum absolute atomic E-state index is 0.0847. The Morgan fingerprint density at radius 1 is 1.16 bits per heavy atom. The van der Waals surface area contributed by atoms with Gasteiger partial charge >= 0.3 is 12.2 Å². The van der Waals surface area contributed by atoms with E-state index in [0.717, 1.165) is 42.6 Å². The zero-order valence-corrected chi connectivity index (χ0v) is 22.4. The molecule has 2 aromatic rings. The van der Waals surface area contributed by atoms with Gasteiger partial charge in [0, 0.05) is 69.9 Å². The van der Waals surface area contributed by atoms with E-state index in [1.54, 1.807) is 14.1 Å². The first-order chi connectivity index (χ1) is 18.1. The van der Waals surface area contributed by atoms with Crippen molar-refractivity contribution in [1.82, 2.24) is 25.1 Å². The maximum absolute atomic E-state index is 13.6. The number of nitrogens with one attached hydrogen (secondary N) is 3. The van der Waals surface area contributed by atoms with Crippen LogP contribution in [0.3, 0.4) is 0 Å². The van der Waals surface area contributed by atoms with Gasteiger partial charge in [0.15, 0.2) is 0 Å². The Morgan fingerprint density at radius 2 is 1.87 bits per heavy atom. The largest absolute Gasteiger partial charge is 0.421 e. The number of urea groups is 1. The summed E-state index contributed by atoms with van der Waals surface area (Å²) in [6.45, 7) is 4.57. The third kappa shape index (κ3) is 6.40. The van der Waals surface area contributed by atoms with Crippen LogP contribution in [0.5, 0.6) is 0 Å². The highest BCUT2D eigenvalue weighted by atomic mass is 19.4. The van der Waals surface area contributed by atoms with Gasteiger partial charge in [-0.05, 0) is 56.5 Å². The van der Waals surface area contributed by atoms with Gasteiger partial charge < -0.3 is 25.8 Å². The molecule has 2 fully saturated rings. The summed E-state index contributed by atoms with van der Waals surface area (Å²) in [5.41, 5.74) is 2.04. The number of nitrogens with zero attached hydrogens (tertiary/aromatic N) is 5. The number of amides is 2. The Labute approximate surface area is 221 Å². The van der Waals surface area contributed by atoms with Gasteiger partial charge in [-0.15, -0.1) is 0 Å². The summed E-state index contributed by atoms with van der Waals surface area (Å²) >= 11 is 0. The highest BCUT2D eigenvalue weighted by Gasteiger charge is 2.38. The third-order valence-corrected chi connectivity index (χ3v) is 7.35. The minimum Gasteiger partial charge on any atom is -0.369 e. The summed E-state index contributed by atoms with van der Waals surface area (Å²) in [5.74, 6) is -0.210. The van der Waals surface area contributed by atoms with E-state index in [4.69, 9.17) is 0 Å². The fraction of sp³-hybridized carbons (Fsp3) is 0.577. The molecule has 3 heterocycles. The molecule has 208 valence electrons. The predicted molar refractivity (Wildman–Crippen MR) is 143 cm³/mol. The molecule has 1 aromatic carbocycles. The topological polar surface area (TPSA) is 88.7 Å². The first-order valence-corrected chi connectivity index (χ1v) is 13.1. The lowest BCUT2D eigenvalue weighted by molar-refractivity contribution is -0.137. The van der Waals surface area contributed by atoms with Gasteiger partial charge in [0.2, 0.25) is 5.95 Å². The Morgan fingerprint density at radius 3 is 2.50 bits per heavy atom. The maximum atomic E-state index is 13.6. The third-order valence-electron chi connectivity index (χ3n) is 7.35. The average Bonchev–Trinajstić information content (AvgIpc) is 3.07. The summed E-state index contributed by atoms with van der Waals surface area (Å²) in [6.07, 6.45) is -0.168. The normalized spacial score (nSPS) is 19.4. The molecule has 38 heavy (non-hydrogen) atoms. The highest BCUT2D eigenvalue weighted by Crippen LogP contribution is 2.35. The molecule has 1 aromatic heterocycles. The number of hydrogen-bond acceptors (Lipinski definition) is 7. The molecule has 3 N–H and O–H groups in total. The lowest BCUT2D eigenvalue weighted by Crippen LogP contribution is -2.52. The van der Waals surface area contributed by atoms with Crippen LogP contribution < -0.4 is 20.9 Å². The first-order valence-electron chi connectivity index (χ1n) is 13.1. The number of carbonyl (C=O) groups is 1. The molecule has 2 bridgehead atoms. The van der Waals surface area contributed by atoms with E-state index >= 15 is 0 Å². The van der Waals surface area contributed by atoms with Crippen LogP contribution in [0.25, 0.3) is 0 Å². The quantitative estimate of drug-likeness (QED) is 0.417. The molecular formula is C26H37F3N8O. The number of fused-ring (bicyclic) bond motifs is 2. The van der Waals surface area contributed by atoms with E-state index in [9.17, 15) is 18.0 Å². The van der Waals surface area contributed by atoms with E-state index in [1.165, 1.54) is 17.7 Å². The van der Waals surface area contributed by atoms with Crippen molar-refractivity contribution in [3.8, 4) is 0 Å². The number of likely N-dealkylation sites (N-methyl/N-ethyl adjacent to an activating group) is 1. The Kier molecular flexibility index (Phi) is 8.49. The van der Waals surface area contributed by atoms with E-state index in [1.807, 2.05) is 13.0 Å². The maximum Gasteiger partial charge on any atom is 0.421 e. The number of halogens is 3. The van der Waals surface area contributed by atoms with Crippen molar-refractivity contribution >= 4 is 29.2 Å². The molecule has 0 aliphatic carbocycles. The molecule has 2 atom stereocenters. The monoisotopic (exact) mass is 534 g/mol. The van der Waals surface area contributed by atoms with Crippen molar-refractivity contribution in [2.45, 2.75) is 50.9 Å². The lowest BCUT2D eigenvalue weighted by Gasteiger charge is -2.40. The molecule has 2 aliphatic heterocycles. The van der Waals surface area contributed by atoms with Crippen LogP contribution in [-0.2, 0) is 12.6 Å². The molecular weight excluding hydrogens is 497 g/mol.